The van der Waals surface area contributed by atoms with E-state index >= 15 is 0 Å². The van der Waals surface area contributed by atoms with Crippen molar-refractivity contribution in [1.29, 1.82) is 0 Å². The van der Waals surface area contributed by atoms with Crippen LogP contribution in [0.1, 0.15) is 18.4 Å². The van der Waals surface area contributed by atoms with Crippen LogP contribution in [0.3, 0.4) is 0 Å². The maximum absolute atomic E-state index is 11.9. The van der Waals surface area contributed by atoms with Gasteiger partial charge in [-0.3, -0.25) is 14.7 Å². The van der Waals surface area contributed by atoms with E-state index in [1.807, 2.05) is 12.3 Å². The van der Waals surface area contributed by atoms with Gasteiger partial charge in [-0.15, -0.1) is 0 Å². The van der Waals surface area contributed by atoms with Crippen LogP contribution in [0.25, 0.3) is 11.1 Å². The standard InChI is InChI=1S/C18H21N3O/c1-19-18(22)17-8-4-10-21(17)13-14-5-2-6-15(11-14)16-7-3-9-20-12-16/h2-3,5-7,9,11-12,17H,4,8,10,13H2,1H3,(H,19,22). The van der Waals surface area contributed by atoms with Crippen molar-refractivity contribution in [1.82, 2.24) is 15.2 Å². The highest BCUT2D eigenvalue weighted by Gasteiger charge is 2.29. The molecule has 2 heterocycles. The number of benzene rings is 1. The molecule has 1 aliphatic heterocycles. The highest BCUT2D eigenvalue weighted by atomic mass is 16.2. The Morgan fingerprint density at radius 1 is 1.32 bits per heavy atom. The van der Waals surface area contributed by atoms with Crippen LogP contribution in [0.5, 0.6) is 0 Å². The number of carbonyl (C=O) groups excluding carboxylic acids is 1. The van der Waals surface area contributed by atoms with Gasteiger partial charge in [0.2, 0.25) is 5.91 Å². The van der Waals surface area contributed by atoms with Gasteiger partial charge in [0.1, 0.15) is 0 Å². The molecule has 1 aromatic heterocycles. The van der Waals surface area contributed by atoms with Gasteiger partial charge in [0.15, 0.2) is 0 Å². The fourth-order valence-corrected chi connectivity index (χ4v) is 3.10. The third-order valence-corrected chi connectivity index (χ3v) is 4.22. The molecule has 2 aromatic rings. The first-order valence-corrected chi connectivity index (χ1v) is 7.73. The molecule has 4 nitrogen and oxygen atoms in total. The van der Waals surface area contributed by atoms with Crippen molar-refractivity contribution >= 4 is 5.91 Å². The quantitative estimate of drug-likeness (QED) is 0.942. The number of nitrogens with one attached hydrogen (secondary N) is 1. The zero-order valence-corrected chi connectivity index (χ0v) is 12.8. The summed E-state index contributed by atoms with van der Waals surface area (Å²) in [5, 5.41) is 2.77. The Bertz CT molecular complexity index is 642. The summed E-state index contributed by atoms with van der Waals surface area (Å²) in [5.74, 6) is 0.126. The van der Waals surface area contributed by atoms with Crippen LogP contribution in [0.4, 0.5) is 0 Å². The molecule has 1 aromatic carbocycles. The number of likely N-dealkylation sites (N-methyl/N-ethyl adjacent to an activating group) is 1. The molecule has 22 heavy (non-hydrogen) atoms. The molecule has 1 N–H and O–H groups in total. The molecule has 1 amide bonds. The Kier molecular flexibility index (Phi) is 4.49. The number of likely N-dealkylation sites (tertiary alicyclic amines) is 1. The van der Waals surface area contributed by atoms with Crippen LogP contribution in [0, 0.1) is 0 Å². The topological polar surface area (TPSA) is 45.2 Å². The molecular formula is C18H21N3O. The van der Waals surface area contributed by atoms with E-state index in [4.69, 9.17) is 0 Å². The normalized spacial score (nSPS) is 18.3. The fraction of sp³-hybridized carbons (Fsp3) is 0.333. The smallest absolute Gasteiger partial charge is 0.237 e. The minimum Gasteiger partial charge on any atom is -0.358 e. The van der Waals surface area contributed by atoms with E-state index in [0.29, 0.717) is 0 Å². The monoisotopic (exact) mass is 295 g/mol. The first kappa shape index (κ1) is 14.7. The number of hydrogen-bond acceptors (Lipinski definition) is 3. The zero-order valence-electron chi connectivity index (χ0n) is 12.8. The second-order valence-electron chi connectivity index (χ2n) is 5.68. The van der Waals surface area contributed by atoms with Gasteiger partial charge in [-0.1, -0.05) is 24.3 Å². The molecule has 1 aliphatic rings. The van der Waals surface area contributed by atoms with E-state index in [1.165, 1.54) is 11.1 Å². The first-order chi connectivity index (χ1) is 10.8. The molecule has 0 saturated carbocycles. The highest BCUT2D eigenvalue weighted by molar-refractivity contribution is 5.81. The Morgan fingerprint density at radius 2 is 2.18 bits per heavy atom. The maximum atomic E-state index is 11.9. The predicted octanol–water partition coefficient (Wildman–Crippen LogP) is 2.46. The third-order valence-electron chi connectivity index (χ3n) is 4.22. The van der Waals surface area contributed by atoms with Gasteiger partial charge in [-0.2, -0.15) is 0 Å². The summed E-state index contributed by atoms with van der Waals surface area (Å²) < 4.78 is 0. The molecule has 1 fully saturated rings. The predicted molar refractivity (Wildman–Crippen MR) is 87.2 cm³/mol. The van der Waals surface area contributed by atoms with E-state index in [0.717, 1.165) is 31.5 Å². The SMILES string of the molecule is CNC(=O)C1CCCN1Cc1cccc(-c2cccnc2)c1. The molecule has 0 aliphatic carbocycles. The Hall–Kier alpha value is -2.20. The average molecular weight is 295 g/mol. The summed E-state index contributed by atoms with van der Waals surface area (Å²) >= 11 is 0. The molecule has 0 radical (unpaired) electrons. The molecule has 0 spiro atoms. The lowest BCUT2D eigenvalue weighted by molar-refractivity contribution is -0.125. The largest absolute Gasteiger partial charge is 0.358 e. The Morgan fingerprint density at radius 3 is 2.95 bits per heavy atom. The molecule has 4 heteroatoms. The van der Waals surface area contributed by atoms with Crippen molar-refractivity contribution < 1.29 is 4.79 Å². The summed E-state index contributed by atoms with van der Waals surface area (Å²) in [6.45, 7) is 1.79. The Labute approximate surface area is 131 Å². The van der Waals surface area contributed by atoms with Crippen LogP contribution in [-0.2, 0) is 11.3 Å². The van der Waals surface area contributed by atoms with Crippen molar-refractivity contribution in [2.24, 2.45) is 0 Å². The first-order valence-electron chi connectivity index (χ1n) is 7.73. The molecule has 3 rings (SSSR count). The van der Waals surface area contributed by atoms with E-state index in [9.17, 15) is 4.79 Å². The number of amides is 1. The number of hydrogen-bond donors (Lipinski definition) is 1. The van der Waals surface area contributed by atoms with Gasteiger partial charge < -0.3 is 5.32 Å². The summed E-state index contributed by atoms with van der Waals surface area (Å²) in [6.07, 6.45) is 5.69. The lowest BCUT2D eigenvalue weighted by Crippen LogP contribution is -2.41. The van der Waals surface area contributed by atoms with Gasteiger partial charge >= 0.3 is 0 Å². The van der Waals surface area contributed by atoms with Crippen molar-refractivity contribution in [2.75, 3.05) is 13.6 Å². The lowest BCUT2D eigenvalue weighted by Gasteiger charge is -2.23. The highest BCUT2D eigenvalue weighted by Crippen LogP contribution is 2.23. The summed E-state index contributed by atoms with van der Waals surface area (Å²) in [5.41, 5.74) is 3.52. The van der Waals surface area contributed by atoms with Crippen molar-refractivity contribution in [2.45, 2.75) is 25.4 Å². The van der Waals surface area contributed by atoms with E-state index in [1.54, 1.807) is 13.2 Å². The van der Waals surface area contributed by atoms with Gasteiger partial charge in [0.05, 0.1) is 6.04 Å². The van der Waals surface area contributed by atoms with Gasteiger partial charge in [0, 0.05) is 26.0 Å². The van der Waals surface area contributed by atoms with Gasteiger partial charge in [0.25, 0.3) is 0 Å². The van der Waals surface area contributed by atoms with E-state index in [2.05, 4.69) is 45.5 Å². The van der Waals surface area contributed by atoms with Crippen molar-refractivity contribution in [3.8, 4) is 11.1 Å². The molecule has 114 valence electrons. The van der Waals surface area contributed by atoms with E-state index < -0.39 is 0 Å². The zero-order chi connectivity index (χ0) is 15.4. The fourth-order valence-electron chi connectivity index (χ4n) is 3.10. The second kappa shape index (κ2) is 6.71. The number of nitrogens with zero attached hydrogens (tertiary/aromatic N) is 2. The van der Waals surface area contributed by atoms with Crippen LogP contribution in [0.2, 0.25) is 0 Å². The average Bonchev–Trinajstić information content (AvgIpc) is 3.03. The van der Waals surface area contributed by atoms with Crippen molar-refractivity contribution in [3.63, 3.8) is 0 Å². The van der Waals surface area contributed by atoms with Gasteiger partial charge in [-0.25, -0.2) is 0 Å². The van der Waals surface area contributed by atoms with Gasteiger partial charge in [-0.05, 0) is 48.2 Å². The van der Waals surface area contributed by atoms with Crippen LogP contribution < -0.4 is 5.32 Å². The summed E-state index contributed by atoms with van der Waals surface area (Å²) in [7, 11) is 1.71. The Balaban J connectivity index is 1.77. The minimum atomic E-state index is 0.00653. The number of carbonyl (C=O) groups is 1. The van der Waals surface area contributed by atoms with Crippen LogP contribution in [0.15, 0.2) is 48.8 Å². The second-order valence-corrected chi connectivity index (χ2v) is 5.68. The van der Waals surface area contributed by atoms with Crippen LogP contribution >= 0.6 is 0 Å². The summed E-state index contributed by atoms with van der Waals surface area (Å²) in [6, 6.07) is 12.5. The molecule has 1 unspecified atom stereocenters. The third kappa shape index (κ3) is 3.17. The molecular weight excluding hydrogens is 274 g/mol. The maximum Gasteiger partial charge on any atom is 0.237 e. The van der Waals surface area contributed by atoms with Crippen LogP contribution in [-0.4, -0.2) is 35.4 Å². The lowest BCUT2D eigenvalue weighted by atomic mass is 10.0. The number of rotatable bonds is 4. The van der Waals surface area contributed by atoms with Crippen molar-refractivity contribution in [3.05, 3.63) is 54.4 Å². The molecule has 1 atom stereocenters. The summed E-state index contributed by atoms with van der Waals surface area (Å²) in [4.78, 5) is 18.4. The molecule has 1 saturated heterocycles. The minimum absolute atomic E-state index is 0.00653. The van der Waals surface area contributed by atoms with E-state index in [-0.39, 0.29) is 11.9 Å². The number of pyridine rings is 1. The molecule has 0 bridgehead atoms. The number of aromatic nitrogens is 1.